The summed E-state index contributed by atoms with van der Waals surface area (Å²) in [5.74, 6) is 0.463. The highest BCUT2D eigenvalue weighted by Gasteiger charge is 2.19. The zero-order valence-electron chi connectivity index (χ0n) is 18.1. The molecule has 0 radical (unpaired) electrons. The number of nitrogens with zero attached hydrogens (tertiary/aromatic N) is 4. The maximum Gasteiger partial charge on any atom is 0.267 e. The average molecular weight is 448 g/mol. The van der Waals surface area contributed by atoms with Crippen molar-refractivity contribution in [3.8, 4) is 0 Å². The lowest BCUT2D eigenvalue weighted by Crippen LogP contribution is -2.47. The molecule has 1 aromatic carbocycles. The predicted octanol–water partition coefficient (Wildman–Crippen LogP) is 2.15. The fourth-order valence-electron chi connectivity index (χ4n) is 3.40. The molecule has 0 bridgehead atoms. The van der Waals surface area contributed by atoms with E-state index in [2.05, 4.69) is 20.2 Å². The van der Waals surface area contributed by atoms with Gasteiger partial charge in [0.15, 0.2) is 0 Å². The van der Waals surface area contributed by atoms with Crippen molar-refractivity contribution < 1.29 is 9.53 Å². The Bertz CT molecular complexity index is 925. The van der Waals surface area contributed by atoms with Gasteiger partial charge in [-0.05, 0) is 44.5 Å². The Kier molecular flexibility index (Phi) is 8.31. The summed E-state index contributed by atoms with van der Waals surface area (Å²) in [4.78, 5) is 28.8. The maximum atomic E-state index is 12.2. The Morgan fingerprint density at radius 2 is 1.90 bits per heavy atom. The number of rotatable bonds is 9. The number of nitrogens with one attached hydrogen (secondary N) is 1. The summed E-state index contributed by atoms with van der Waals surface area (Å²) in [5, 5.41) is 7.95. The molecular formula is C22H30ClN5O3. The molecule has 0 atom stereocenters. The number of anilines is 2. The first-order valence-corrected chi connectivity index (χ1v) is 11.0. The SMILES string of the molecule is CC(C)OCCCNC(=O)Cn1nc(N2CCN(c3cccc(Cl)c3)CC2)ccc1=O. The lowest BCUT2D eigenvalue weighted by Gasteiger charge is -2.36. The standard InChI is InChI=1S/C22H30ClN5O3/c1-17(2)31-14-4-9-24-21(29)16-28-22(30)8-7-20(25-28)27-12-10-26(11-13-27)19-6-3-5-18(23)15-19/h3,5-8,15,17H,4,9-14,16H2,1-2H3,(H,24,29). The Morgan fingerprint density at radius 1 is 1.16 bits per heavy atom. The minimum atomic E-state index is -0.292. The second kappa shape index (κ2) is 11.2. The summed E-state index contributed by atoms with van der Waals surface area (Å²) in [6.07, 6.45) is 0.900. The van der Waals surface area contributed by atoms with E-state index in [-0.39, 0.29) is 24.1 Å². The van der Waals surface area contributed by atoms with Crippen molar-refractivity contribution in [3.63, 3.8) is 0 Å². The van der Waals surface area contributed by atoms with Crippen molar-refractivity contribution in [1.82, 2.24) is 15.1 Å². The highest BCUT2D eigenvalue weighted by atomic mass is 35.5. The number of ether oxygens (including phenoxy) is 1. The minimum Gasteiger partial charge on any atom is -0.379 e. The first kappa shape index (κ1) is 23.1. The van der Waals surface area contributed by atoms with E-state index < -0.39 is 0 Å². The molecule has 1 aliphatic heterocycles. The second-order valence-electron chi connectivity index (χ2n) is 7.76. The molecule has 1 N–H and O–H groups in total. The van der Waals surface area contributed by atoms with E-state index >= 15 is 0 Å². The number of amides is 1. The van der Waals surface area contributed by atoms with Crippen molar-refractivity contribution in [3.05, 3.63) is 51.8 Å². The van der Waals surface area contributed by atoms with Gasteiger partial charge in [-0.25, -0.2) is 4.68 Å². The molecule has 9 heteroatoms. The molecule has 168 valence electrons. The number of aromatic nitrogens is 2. The zero-order valence-corrected chi connectivity index (χ0v) is 18.8. The molecule has 0 unspecified atom stereocenters. The molecule has 1 saturated heterocycles. The molecule has 0 aliphatic carbocycles. The Labute approximate surface area is 187 Å². The predicted molar refractivity (Wildman–Crippen MR) is 123 cm³/mol. The van der Waals surface area contributed by atoms with Crippen molar-refractivity contribution in [2.45, 2.75) is 32.9 Å². The first-order valence-electron chi connectivity index (χ1n) is 10.6. The monoisotopic (exact) mass is 447 g/mol. The summed E-state index contributed by atoms with van der Waals surface area (Å²) >= 11 is 6.10. The van der Waals surface area contributed by atoms with Crippen molar-refractivity contribution in [1.29, 1.82) is 0 Å². The number of piperazine rings is 1. The molecule has 1 amide bonds. The van der Waals surface area contributed by atoms with Crippen LogP contribution in [0.15, 0.2) is 41.2 Å². The third-order valence-electron chi connectivity index (χ3n) is 5.02. The quantitative estimate of drug-likeness (QED) is 0.593. The van der Waals surface area contributed by atoms with Crippen LogP contribution in [-0.4, -0.2) is 61.1 Å². The van der Waals surface area contributed by atoms with Crippen LogP contribution >= 0.6 is 11.6 Å². The smallest absolute Gasteiger partial charge is 0.267 e. The van der Waals surface area contributed by atoms with Crippen LogP contribution in [0.2, 0.25) is 5.02 Å². The Hall–Kier alpha value is -2.58. The summed E-state index contributed by atoms with van der Waals surface area (Å²) in [6, 6.07) is 11.0. The highest BCUT2D eigenvalue weighted by Crippen LogP contribution is 2.22. The van der Waals surface area contributed by atoms with Gasteiger partial charge in [0.05, 0.1) is 6.10 Å². The highest BCUT2D eigenvalue weighted by molar-refractivity contribution is 6.30. The van der Waals surface area contributed by atoms with Crippen LogP contribution in [0.3, 0.4) is 0 Å². The van der Waals surface area contributed by atoms with Crippen LogP contribution < -0.4 is 20.7 Å². The number of carbonyl (C=O) groups excluding carboxylic acids is 1. The van der Waals surface area contributed by atoms with Crippen LogP contribution in [0.4, 0.5) is 11.5 Å². The number of hydrogen-bond donors (Lipinski definition) is 1. The summed E-state index contributed by atoms with van der Waals surface area (Å²) in [5.41, 5.74) is 0.806. The van der Waals surface area contributed by atoms with E-state index in [1.807, 2.05) is 38.1 Å². The second-order valence-corrected chi connectivity index (χ2v) is 8.20. The molecule has 2 aromatic rings. The fraction of sp³-hybridized carbons (Fsp3) is 0.500. The normalized spacial score (nSPS) is 14.2. The van der Waals surface area contributed by atoms with Crippen molar-refractivity contribution in [2.75, 3.05) is 49.1 Å². The van der Waals surface area contributed by atoms with Gasteiger partial charge in [0.25, 0.3) is 5.56 Å². The molecule has 8 nitrogen and oxygen atoms in total. The summed E-state index contributed by atoms with van der Waals surface area (Å²) in [6.45, 7) is 8.11. The van der Waals surface area contributed by atoms with E-state index in [4.69, 9.17) is 16.3 Å². The van der Waals surface area contributed by atoms with E-state index in [1.165, 1.54) is 10.7 Å². The lowest BCUT2D eigenvalue weighted by atomic mass is 10.2. The molecule has 1 fully saturated rings. The molecule has 31 heavy (non-hydrogen) atoms. The van der Waals surface area contributed by atoms with Crippen LogP contribution in [0, 0.1) is 0 Å². The summed E-state index contributed by atoms with van der Waals surface area (Å²) in [7, 11) is 0. The van der Waals surface area contributed by atoms with Crippen LogP contribution in [-0.2, 0) is 16.1 Å². The number of benzene rings is 1. The fourth-order valence-corrected chi connectivity index (χ4v) is 3.58. The van der Waals surface area contributed by atoms with Gasteiger partial charge >= 0.3 is 0 Å². The summed E-state index contributed by atoms with van der Waals surface area (Å²) < 4.78 is 6.67. The number of hydrogen-bond acceptors (Lipinski definition) is 6. The third-order valence-corrected chi connectivity index (χ3v) is 5.25. The van der Waals surface area contributed by atoms with Gasteiger partial charge in [0, 0.05) is 56.1 Å². The largest absolute Gasteiger partial charge is 0.379 e. The molecule has 1 aromatic heterocycles. The van der Waals surface area contributed by atoms with E-state index in [0.29, 0.717) is 19.0 Å². The Morgan fingerprint density at radius 3 is 2.61 bits per heavy atom. The van der Waals surface area contributed by atoms with E-state index in [9.17, 15) is 9.59 Å². The molecular weight excluding hydrogens is 418 g/mol. The van der Waals surface area contributed by atoms with Gasteiger partial charge in [0.1, 0.15) is 12.4 Å². The van der Waals surface area contributed by atoms with Crippen LogP contribution in [0.1, 0.15) is 20.3 Å². The first-order chi connectivity index (χ1) is 14.9. The van der Waals surface area contributed by atoms with Crippen LogP contribution in [0.25, 0.3) is 0 Å². The average Bonchev–Trinajstić information content (AvgIpc) is 2.75. The van der Waals surface area contributed by atoms with Gasteiger partial charge in [-0.2, -0.15) is 5.10 Å². The number of carbonyl (C=O) groups is 1. The van der Waals surface area contributed by atoms with Gasteiger partial charge in [-0.15, -0.1) is 0 Å². The zero-order chi connectivity index (χ0) is 22.2. The van der Waals surface area contributed by atoms with Gasteiger partial charge in [-0.1, -0.05) is 17.7 Å². The minimum absolute atomic E-state index is 0.0970. The Balaban J connectivity index is 1.52. The number of halogens is 1. The molecule has 0 spiro atoms. The maximum absolute atomic E-state index is 12.2. The lowest BCUT2D eigenvalue weighted by molar-refractivity contribution is -0.121. The third kappa shape index (κ3) is 6.97. The van der Waals surface area contributed by atoms with Crippen molar-refractivity contribution in [2.24, 2.45) is 0 Å². The van der Waals surface area contributed by atoms with E-state index in [1.54, 1.807) is 6.07 Å². The molecule has 3 rings (SSSR count). The van der Waals surface area contributed by atoms with Crippen molar-refractivity contribution >= 4 is 29.0 Å². The van der Waals surface area contributed by atoms with E-state index in [0.717, 1.165) is 43.3 Å². The van der Waals surface area contributed by atoms with Gasteiger partial charge in [0.2, 0.25) is 5.91 Å². The van der Waals surface area contributed by atoms with Crippen LogP contribution in [0.5, 0.6) is 0 Å². The topological polar surface area (TPSA) is 79.7 Å². The molecule has 0 saturated carbocycles. The van der Waals surface area contributed by atoms with Gasteiger partial charge in [-0.3, -0.25) is 9.59 Å². The van der Waals surface area contributed by atoms with Gasteiger partial charge < -0.3 is 19.9 Å². The molecule has 2 heterocycles. The molecule has 1 aliphatic rings.